The van der Waals surface area contributed by atoms with Gasteiger partial charge < -0.3 is 14.2 Å². The minimum Gasteiger partial charge on any atom is -0.383 e. The van der Waals surface area contributed by atoms with Gasteiger partial charge in [0.1, 0.15) is 0 Å². The molecule has 0 unspecified atom stereocenters. The number of ether oxygens (including phenoxy) is 1. The quantitative estimate of drug-likeness (QED) is 0.497. The number of amides is 1. The lowest BCUT2D eigenvalue weighted by Crippen LogP contribution is -2.19. The van der Waals surface area contributed by atoms with Crippen molar-refractivity contribution in [2.24, 2.45) is 4.99 Å². The number of fused-ring (bicyclic) bond motifs is 3. The van der Waals surface area contributed by atoms with E-state index >= 15 is 0 Å². The molecule has 4 aromatic rings. The Bertz CT molecular complexity index is 1240. The number of rotatable bonds is 5. The SMILES string of the molecule is COCCn1c(=NC(=O)c2ccc(N(C)C)cc2)sc2c3ccccc3ccc21. The van der Waals surface area contributed by atoms with Crippen molar-refractivity contribution in [1.82, 2.24) is 4.57 Å². The first kappa shape index (κ1) is 19.4. The van der Waals surface area contributed by atoms with Crippen LogP contribution in [-0.4, -0.2) is 38.3 Å². The largest absolute Gasteiger partial charge is 0.383 e. The van der Waals surface area contributed by atoms with Gasteiger partial charge in [0.05, 0.1) is 16.8 Å². The van der Waals surface area contributed by atoms with Crippen LogP contribution in [-0.2, 0) is 11.3 Å². The summed E-state index contributed by atoms with van der Waals surface area (Å²) in [6, 6.07) is 20.0. The molecule has 148 valence electrons. The van der Waals surface area contributed by atoms with Gasteiger partial charge in [0, 0.05) is 44.4 Å². The molecule has 0 spiro atoms. The zero-order chi connectivity index (χ0) is 20.4. The smallest absolute Gasteiger partial charge is 0.279 e. The molecule has 0 saturated carbocycles. The zero-order valence-corrected chi connectivity index (χ0v) is 17.6. The van der Waals surface area contributed by atoms with Crippen LogP contribution in [0.25, 0.3) is 21.0 Å². The van der Waals surface area contributed by atoms with Crippen LogP contribution in [0.3, 0.4) is 0 Å². The number of methoxy groups -OCH3 is 1. The molecular formula is C23H23N3O2S. The van der Waals surface area contributed by atoms with Crippen LogP contribution in [0.1, 0.15) is 10.4 Å². The number of nitrogens with zero attached hydrogens (tertiary/aromatic N) is 3. The number of carbonyl (C=O) groups excluding carboxylic acids is 1. The van der Waals surface area contributed by atoms with E-state index in [1.165, 1.54) is 10.8 Å². The van der Waals surface area contributed by atoms with E-state index in [1.807, 2.05) is 55.4 Å². The number of thiazole rings is 1. The van der Waals surface area contributed by atoms with Crippen molar-refractivity contribution in [1.29, 1.82) is 0 Å². The van der Waals surface area contributed by atoms with Crippen molar-refractivity contribution in [3.05, 3.63) is 71.0 Å². The van der Waals surface area contributed by atoms with E-state index in [0.29, 0.717) is 23.5 Å². The molecule has 1 heterocycles. The van der Waals surface area contributed by atoms with Crippen molar-refractivity contribution in [2.45, 2.75) is 6.54 Å². The van der Waals surface area contributed by atoms with Crippen LogP contribution in [0.5, 0.6) is 0 Å². The Balaban J connectivity index is 1.84. The first-order chi connectivity index (χ1) is 14.1. The Morgan fingerprint density at radius 1 is 1.07 bits per heavy atom. The van der Waals surface area contributed by atoms with E-state index in [4.69, 9.17) is 4.74 Å². The van der Waals surface area contributed by atoms with Gasteiger partial charge in [-0.25, -0.2) is 0 Å². The average molecular weight is 406 g/mol. The molecule has 0 saturated heterocycles. The molecule has 0 aliphatic carbocycles. The summed E-state index contributed by atoms with van der Waals surface area (Å²) in [5.74, 6) is -0.239. The molecule has 6 heteroatoms. The average Bonchev–Trinajstić information content (AvgIpc) is 3.09. The van der Waals surface area contributed by atoms with Crippen LogP contribution >= 0.6 is 11.3 Å². The third-order valence-electron chi connectivity index (χ3n) is 4.92. The van der Waals surface area contributed by atoms with E-state index in [2.05, 4.69) is 33.8 Å². The van der Waals surface area contributed by atoms with Crippen LogP contribution in [0.4, 0.5) is 5.69 Å². The highest BCUT2D eigenvalue weighted by molar-refractivity contribution is 7.17. The van der Waals surface area contributed by atoms with Crippen LogP contribution in [0.15, 0.2) is 65.7 Å². The molecule has 0 aliphatic rings. The van der Waals surface area contributed by atoms with Gasteiger partial charge in [0.15, 0.2) is 4.80 Å². The van der Waals surface area contributed by atoms with Crippen molar-refractivity contribution in [2.75, 3.05) is 32.7 Å². The van der Waals surface area contributed by atoms with Gasteiger partial charge in [-0.1, -0.05) is 41.7 Å². The standard InChI is InChI=1S/C23H23N3O2S/c1-25(2)18-11-8-17(9-12-18)22(27)24-23-26(14-15-28-3)20-13-10-16-6-4-5-7-19(16)21(20)29-23/h4-13H,14-15H2,1-3H3. The number of hydrogen-bond donors (Lipinski definition) is 0. The van der Waals surface area contributed by atoms with Gasteiger partial charge in [-0.2, -0.15) is 4.99 Å². The van der Waals surface area contributed by atoms with E-state index in [-0.39, 0.29) is 5.91 Å². The number of carbonyl (C=O) groups is 1. The fourth-order valence-corrected chi connectivity index (χ4v) is 4.53. The summed E-state index contributed by atoms with van der Waals surface area (Å²) in [7, 11) is 5.63. The van der Waals surface area contributed by atoms with Crippen molar-refractivity contribution in [3.8, 4) is 0 Å². The van der Waals surface area contributed by atoms with Crippen molar-refractivity contribution in [3.63, 3.8) is 0 Å². The number of benzene rings is 3. The van der Waals surface area contributed by atoms with E-state index in [1.54, 1.807) is 18.4 Å². The Labute approximate surface area is 173 Å². The van der Waals surface area contributed by atoms with Crippen LogP contribution in [0, 0.1) is 0 Å². The maximum Gasteiger partial charge on any atom is 0.279 e. The molecule has 0 N–H and O–H groups in total. The molecule has 0 bridgehead atoms. The van der Waals surface area contributed by atoms with Crippen molar-refractivity contribution < 1.29 is 9.53 Å². The fraction of sp³-hybridized carbons (Fsp3) is 0.217. The predicted molar refractivity (Wildman–Crippen MR) is 120 cm³/mol. The summed E-state index contributed by atoms with van der Waals surface area (Å²) in [6.07, 6.45) is 0. The summed E-state index contributed by atoms with van der Waals surface area (Å²) >= 11 is 1.55. The molecule has 5 nitrogen and oxygen atoms in total. The molecular weight excluding hydrogens is 382 g/mol. The van der Waals surface area contributed by atoms with Gasteiger partial charge in [-0.05, 0) is 35.7 Å². The Hall–Kier alpha value is -2.96. The lowest BCUT2D eigenvalue weighted by molar-refractivity contribution is 0.0997. The summed E-state index contributed by atoms with van der Waals surface area (Å²) in [5.41, 5.74) is 2.70. The molecule has 3 aromatic carbocycles. The Kier molecular flexibility index (Phi) is 5.47. The predicted octanol–water partition coefficient (Wildman–Crippen LogP) is 4.31. The summed E-state index contributed by atoms with van der Waals surface area (Å²) in [5, 5.41) is 2.35. The summed E-state index contributed by atoms with van der Waals surface area (Å²) in [6.45, 7) is 1.19. The minimum atomic E-state index is -0.239. The normalized spacial score (nSPS) is 12.0. The van der Waals surface area contributed by atoms with Gasteiger partial charge in [0.2, 0.25) is 0 Å². The van der Waals surface area contributed by atoms with E-state index in [9.17, 15) is 4.79 Å². The van der Waals surface area contributed by atoms with Crippen LogP contribution in [0.2, 0.25) is 0 Å². The second kappa shape index (κ2) is 8.19. The maximum atomic E-state index is 12.8. The lowest BCUT2D eigenvalue weighted by atomic mass is 10.1. The molecule has 0 fully saturated rings. The number of hydrogen-bond acceptors (Lipinski definition) is 4. The third-order valence-corrected chi connectivity index (χ3v) is 6.05. The Morgan fingerprint density at radius 2 is 1.83 bits per heavy atom. The number of anilines is 1. The summed E-state index contributed by atoms with van der Waals surface area (Å²) < 4.78 is 8.49. The zero-order valence-electron chi connectivity index (χ0n) is 16.8. The lowest BCUT2D eigenvalue weighted by Gasteiger charge is -2.11. The van der Waals surface area contributed by atoms with Gasteiger partial charge in [-0.3, -0.25) is 4.79 Å². The second-order valence-corrected chi connectivity index (χ2v) is 8.00. The molecule has 0 radical (unpaired) electrons. The molecule has 1 amide bonds. The summed E-state index contributed by atoms with van der Waals surface area (Å²) in [4.78, 5) is 20.0. The number of aromatic nitrogens is 1. The minimum absolute atomic E-state index is 0.239. The fourth-order valence-electron chi connectivity index (χ4n) is 3.34. The van der Waals surface area contributed by atoms with Gasteiger partial charge >= 0.3 is 0 Å². The van der Waals surface area contributed by atoms with Crippen LogP contribution < -0.4 is 9.70 Å². The molecule has 4 rings (SSSR count). The molecule has 0 atom stereocenters. The highest BCUT2D eigenvalue weighted by Crippen LogP contribution is 2.27. The monoisotopic (exact) mass is 405 g/mol. The van der Waals surface area contributed by atoms with Crippen molar-refractivity contribution >= 4 is 43.9 Å². The van der Waals surface area contributed by atoms with Gasteiger partial charge in [-0.15, -0.1) is 0 Å². The Morgan fingerprint density at radius 3 is 2.55 bits per heavy atom. The first-order valence-corrected chi connectivity index (χ1v) is 10.3. The van der Waals surface area contributed by atoms with Gasteiger partial charge in [0.25, 0.3) is 5.91 Å². The van der Waals surface area contributed by atoms with E-state index < -0.39 is 0 Å². The molecule has 29 heavy (non-hydrogen) atoms. The second-order valence-electron chi connectivity index (χ2n) is 7.02. The van der Waals surface area contributed by atoms with E-state index in [0.717, 1.165) is 15.9 Å². The maximum absolute atomic E-state index is 12.8. The first-order valence-electron chi connectivity index (χ1n) is 9.45. The molecule has 1 aromatic heterocycles. The third kappa shape index (κ3) is 3.81. The molecule has 0 aliphatic heterocycles. The highest BCUT2D eigenvalue weighted by atomic mass is 32.1. The topological polar surface area (TPSA) is 46.8 Å². The highest BCUT2D eigenvalue weighted by Gasteiger charge is 2.12.